The minimum absolute atomic E-state index is 0. The number of aromatic nitrogens is 1. The highest BCUT2D eigenvalue weighted by Gasteiger charge is 2.25. The maximum Gasteiger partial charge on any atom is 0.231 e. The van der Waals surface area contributed by atoms with Crippen molar-refractivity contribution in [2.75, 3.05) is 11.9 Å². The van der Waals surface area contributed by atoms with E-state index >= 15 is 0 Å². The van der Waals surface area contributed by atoms with Crippen molar-refractivity contribution in [3.05, 3.63) is 54.4 Å². The lowest BCUT2D eigenvalue weighted by atomic mass is 9.92. The van der Waals surface area contributed by atoms with E-state index in [9.17, 15) is 4.79 Å². The highest BCUT2D eigenvalue weighted by atomic mass is 35.5. The van der Waals surface area contributed by atoms with Gasteiger partial charge in [-0.25, -0.2) is 0 Å². The van der Waals surface area contributed by atoms with Gasteiger partial charge >= 0.3 is 0 Å². The van der Waals surface area contributed by atoms with Gasteiger partial charge in [-0.05, 0) is 49.7 Å². The molecule has 0 saturated heterocycles. The van der Waals surface area contributed by atoms with Crippen LogP contribution in [-0.4, -0.2) is 17.4 Å². The van der Waals surface area contributed by atoms with E-state index in [1.54, 1.807) is 18.0 Å². The minimum atomic E-state index is -0.562. The zero-order chi connectivity index (χ0) is 16.0. The lowest BCUT2D eigenvalue weighted by Crippen LogP contribution is -2.37. The number of anilines is 1. The van der Waals surface area contributed by atoms with Crippen molar-refractivity contribution < 1.29 is 4.79 Å². The summed E-state index contributed by atoms with van der Waals surface area (Å²) in [6.07, 6.45) is 3.64. The minimum Gasteiger partial charge on any atom is -0.329 e. The van der Waals surface area contributed by atoms with Gasteiger partial charge in [0.2, 0.25) is 5.91 Å². The summed E-state index contributed by atoms with van der Waals surface area (Å²) < 4.78 is 0. The molecule has 0 aliphatic heterocycles. The molecule has 2 aromatic rings. The molecule has 0 fully saturated rings. The zero-order valence-electron chi connectivity index (χ0n) is 13.7. The number of rotatable bonds is 6. The predicted molar refractivity (Wildman–Crippen MR) is 106 cm³/mol. The van der Waals surface area contributed by atoms with Crippen LogP contribution in [-0.2, 0) is 10.5 Å². The third-order valence-corrected chi connectivity index (χ3v) is 4.45. The molecule has 2 rings (SSSR count). The second-order valence-corrected chi connectivity index (χ2v) is 6.77. The van der Waals surface area contributed by atoms with E-state index in [2.05, 4.69) is 16.4 Å². The highest BCUT2D eigenvalue weighted by Crippen LogP contribution is 2.24. The molecule has 4 nitrogen and oxygen atoms in total. The van der Waals surface area contributed by atoms with Crippen LogP contribution in [0.4, 0.5) is 5.69 Å². The molecule has 24 heavy (non-hydrogen) atoms. The molecule has 1 aromatic heterocycles. The van der Waals surface area contributed by atoms with Gasteiger partial charge in [-0.15, -0.1) is 36.6 Å². The summed E-state index contributed by atoms with van der Waals surface area (Å²) in [5, 5.41) is 2.90. The number of thioether (sulfide) groups is 1. The van der Waals surface area contributed by atoms with E-state index in [0.717, 1.165) is 16.3 Å². The molecular formula is C17H23Cl2N3OS. The van der Waals surface area contributed by atoms with Crippen molar-refractivity contribution in [2.45, 2.75) is 24.5 Å². The van der Waals surface area contributed by atoms with Crippen molar-refractivity contribution >= 4 is 48.2 Å². The normalized spacial score (nSPS) is 10.3. The molecule has 1 heterocycles. The van der Waals surface area contributed by atoms with Gasteiger partial charge < -0.3 is 11.1 Å². The Labute approximate surface area is 159 Å². The molecule has 1 aromatic carbocycles. The van der Waals surface area contributed by atoms with Crippen molar-refractivity contribution in [1.29, 1.82) is 0 Å². The molecular weight excluding hydrogens is 365 g/mol. The summed E-state index contributed by atoms with van der Waals surface area (Å²) >= 11 is 1.74. The molecule has 1 amide bonds. The Morgan fingerprint density at radius 1 is 1.21 bits per heavy atom. The molecule has 0 aliphatic carbocycles. The average Bonchev–Trinajstić information content (AvgIpc) is 2.55. The smallest absolute Gasteiger partial charge is 0.231 e. The van der Waals surface area contributed by atoms with Crippen molar-refractivity contribution in [3.8, 4) is 0 Å². The summed E-state index contributed by atoms with van der Waals surface area (Å²) in [6.45, 7) is 3.98. The van der Waals surface area contributed by atoms with Gasteiger partial charge in [0.1, 0.15) is 0 Å². The van der Waals surface area contributed by atoms with Crippen LogP contribution in [0.2, 0.25) is 0 Å². The van der Waals surface area contributed by atoms with Crippen molar-refractivity contribution in [1.82, 2.24) is 4.98 Å². The third kappa shape index (κ3) is 6.69. The first-order valence-electron chi connectivity index (χ1n) is 7.14. The number of halogens is 2. The standard InChI is InChI=1S/C17H21N3OS.2ClH/c1-17(2,12-18)16(21)20-14-5-7-15(8-6-14)22-11-13-4-3-9-19-10-13;;/h3-10H,11-12,18H2,1-2H3,(H,20,21);2*1H. The number of benzene rings is 1. The van der Waals surface area contributed by atoms with E-state index in [-0.39, 0.29) is 30.7 Å². The maximum absolute atomic E-state index is 12.1. The third-order valence-electron chi connectivity index (χ3n) is 3.37. The number of pyridine rings is 1. The fraction of sp³-hybridized carbons (Fsp3) is 0.294. The highest BCUT2D eigenvalue weighted by molar-refractivity contribution is 7.98. The summed E-state index contributed by atoms with van der Waals surface area (Å²) in [7, 11) is 0. The number of carbonyl (C=O) groups excluding carboxylic acids is 1. The molecule has 132 valence electrons. The van der Waals surface area contributed by atoms with Crippen LogP contribution in [0.1, 0.15) is 19.4 Å². The monoisotopic (exact) mass is 387 g/mol. The first kappa shape index (κ1) is 22.7. The van der Waals surface area contributed by atoms with Crippen LogP contribution in [0.15, 0.2) is 53.7 Å². The summed E-state index contributed by atoms with van der Waals surface area (Å²) in [5.41, 5.74) is 7.03. The Hall–Kier alpha value is -1.27. The van der Waals surface area contributed by atoms with Crippen LogP contribution in [0.5, 0.6) is 0 Å². The Balaban J connectivity index is 0.00000264. The van der Waals surface area contributed by atoms with Crippen molar-refractivity contribution in [3.63, 3.8) is 0 Å². The fourth-order valence-corrected chi connectivity index (χ4v) is 2.51. The topological polar surface area (TPSA) is 68.0 Å². The summed E-state index contributed by atoms with van der Waals surface area (Å²) in [5.74, 6) is 0.811. The van der Waals surface area contributed by atoms with Crippen LogP contribution < -0.4 is 11.1 Å². The first-order chi connectivity index (χ1) is 10.5. The maximum atomic E-state index is 12.1. The predicted octanol–water partition coefficient (Wildman–Crippen LogP) is 4.14. The first-order valence-corrected chi connectivity index (χ1v) is 8.13. The van der Waals surface area contributed by atoms with Gasteiger partial charge in [0, 0.05) is 35.3 Å². The Kier molecular flexibility index (Phi) is 10.0. The summed E-state index contributed by atoms with van der Waals surface area (Å²) in [6, 6.07) is 11.8. The number of nitrogens with two attached hydrogens (primary N) is 1. The van der Waals surface area contributed by atoms with Crippen LogP contribution in [0.25, 0.3) is 0 Å². The largest absolute Gasteiger partial charge is 0.329 e. The fourth-order valence-electron chi connectivity index (χ4n) is 1.68. The van der Waals surface area contributed by atoms with Crippen molar-refractivity contribution in [2.24, 2.45) is 11.1 Å². The van der Waals surface area contributed by atoms with Crippen LogP contribution in [0.3, 0.4) is 0 Å². The average molecular weight is 388 g/mol. The molecule has 0 aliphatic rings. The SMILES string of the molecule is CC(C)(CN)C(=O)Nc1ccc(SCc2cccnc2)cc1.Cl.Cl. The number of hydrogen-bond donors (Lipinski definition) is 2. The quantitative estimate of drug-likeness (QED) is 0.730. The molecule has 0 radical (unpaired) electrons. The van der Waals surface area contributed by atoms with Gasteiger partial charge in [-0.3, -0.25) is 9.78 Å². The van der Waals surface area contributed by atoms with Gasteiger partial charge in [0.25, 0.3) is 0 Å². The number of carbonyl (C=O) groups is 1. The molecule has 7 heteroatoms. The number of amides is 1. The van der Waals surface area contributed by atoms with E-state index in [1.807, 2.05) is 50.4 Å². The molecule has 0 saturated carbocycles. The van der Waals surface area contributed by atoms with Gasteiger partial charge in [0.15, 0.2) is 0 Å². The molecule has 3 N–H and O–H groups in total. The van der Waals surface area contributed by atoms with Gasteiger partial charge in [-0.2, -0.15) is 0 Å². The Morgan fingerprint density at radius 2 is 1.88 bits per heavy atom. The molecule has 0 spiro atoms. The van der Waals surface area contributed by atoms with E-state index in [4.69, 9.17) is 5.73 Å². The van der Waals surface area contributed by atoms with Crippen LogP contribution in [0, 0.1) is 5.41 Å². The molecule has 0 atom stereocenters. The van der Waals surface area contributed by atoms with Gasteiger partial charge in [-0.1, -0.05) is 6.07 Å². The zero-order valence-corrected chi connectivity index (χ0v) is 16.1. The summed E-state index contributed by atoms with van der Waals surface area (Å²) in [4.78, 5) is 17.3. The lowest BCUT2D eigenvalue weighted by molar-refractivity contribution is -0.123. The van der Waals surface area contributed by atoms with E-state index in [0.29, 0.717) is 6.54 Å². The molecule has 0 bridgehead atoms. The van der Waals surface area contributed by atoms with E-state index < -0.39 is 5.41 Å². The van der Waals surface area contributed by atoms with E-state index in [1.165, 1.54) is 5.56 Å². The Bertz CT molecular complexity index is 621. The van der Waals surface area contributed by atoms with Gasteiger partial charge in [0.05, 0.1) is 5.41 Å². The van der Waals surface area contributed by atoms with Crippen LogP contribution >= 0.6 is 36.6 Å². The number of nitrogens with one attached hydrogen (secondary N) is 1. The lowest BCUT2D eigenvalue weighted by Gasteiger charge is -2.21. The Morgan fingerprint density at radius 3 is 2.42 bits per heavy atom. The second-order valence-electron chi connectivity index (χ2n) is 5.72. The number of nitrogens with zero attached hydrogens (tertiary/aromatic N) is 1. The number of hydrogen-bond acceptors (Lipinski definition) is 4. The molecule has 0 unspecified atom stereocenters. The second kappa shape index (κ2) is 10.6.